The van der Waals surface area contributed by atoms with E-state index in [9.17, 15) is 4.79 Å². The molecule has 2 unspecified atom stereocenters. The third kappa shape index (κ3) is 3.58. The van der Waals surface area contributed by atoms with Gasteiger partial charge in [0, 0.05) is 6.42 Å². The van der Waals surface area contributed by atoms with Crippen LogP contribution in [0.2, 0.25) is 0 Å². The molecule has 0 aliphatic heterocycles. The number of carbonyl (C=O) groups excluding carboxylic acids is 1. The molecule has 0 bridgehead atoms. The third-order valence-corrected chi connectivity index (χ3v) is 3.85. The highest BCUT2D eigenvalue weighted by Crippen LogP contribution is 2.34. The molecule has 1 saturated carbocycles. The fourth-order valence-electron chi connectivity index (χ4n) is 2.93. The predicted molar refractivity (Wildman–Crippen MR) is 69.6 cm³/mol. The van der Waals surface area contributed by atoms with Crippen molar-refractivity contribution in [1.82, 2.24) is 0 Å². The number of hydrogen-bond donors (Lipinski definition) is 1. The predicted octanol–water partition coefficient (Wildman–Crippen LogP) is 3.23. The molecule has 1 aromatic rings. The van der Waals surface area contributed by atoms with Crippen LogP contribution in [0.1, 0.15) is 50.0 Å². The smallest absolute Gasteiger partial charge is 0.217 e. The summed E-state index contributed by atoms with van der Waals surface area (Å²) in [5.74, 6) is 1.04. The van der Waals surface area contributed by atoms with Crippen LogP contribution in [0.25, 0.3) is 0 Å². The highest BCUT2D eigenvalue weighted by atomic mass is 16.1. The van der Waals surface area contributed by atoms with Gasteiger partial charge in [-0.15, -0.1) is 0 Å². The summed E-state index contributed by atoms with van der Waals surface area (Å²) in [6, 6.07) is 10.7. The Kier molecular flexibility index (Phi) is 4.18. The Morgan fingerprint density at radius 1 is 1.12 bits per heavy atom. The van der Waals surface area contributed by atoms with Crippen molar-refractivity contribution in [2.45, 2.75) is 44.4 Å². The number of nitrogens with two attached hydrogens (primary N) is 1. The van der Waals surface area contributed by atoms with E-state index >= 15 is 0 Å². The lowest BCUT2D eigenvalue weighted by molar-refractivity contribution is -0.119. The highest BCUT2D eigenvalue weighted by Gasteiger charge is 2.20. The van der Waals surface area contributed by atoms with E-state index in [4.69, 9.17) is 5.73 Å². The summed E-state index contributed by atoms with van der Waals surface area (Å²) >= 11 is 0. The molecule has 2 N–H and O–H groups in total. The fourth-order valence-corrected chi connectivity index (χ4v) is 2.93. The van der Waals surface area contributed by atoms with Gasteiger partial charge in [0.2, 0.25) is 5.91 Å². The largest absolute Gasteiger partial charge is 0.370 e. The van der Waals surface area contributed by atoms with Crippen LogP contribution in [-0.2, 0) is 4.79 Å². The third-order valence-electron chi connectivity index (χ3n) is 3.85. The first kappa shape index (κ1) is 12.2. The first-order valence-electron chi connectivity index (χ1n) is 6.59. The number of hydrogen-bond acceptors (Lipinski definition) is 1. The molecule has 2 heteroatoms. The Labute approximate surface area is 103 Å². The second kappa shape index (κ2) is 5.85. The van der Waals surface area contributed by atoms with Gasteiger partial charge in [-0.05, 0) is 43.1 Å². The van der Waals surface area contributed by atoms with Gasteiger partial charge < -0.3 is 5.73 Å². The molecule has 17 heavy (non-hydrogen) atoms. The molecule has 92 valence electrons. The second-order valence-corrected chi connectivity index (χ2v) is 5.15. The molecule has 1 aliphatic rings. The maximum Gasteiger partial charge on any atom is 0.217 e. The van der Waals surface area contributed by atoms with Crippen molar-refractivity contribution in [3.8, 4) is 0 Å². The van der Waals surface area contributed by atoms with Gasteiger partial charge in [0.1, 0.15) is 0 Å². The van der Waals surface area contributed by atoms with Crippen LogP contribution in [0, 0.1) is 5.92 Å². The zero-order valence-electron chi connectivity index (χ0n) is 10.3. The highest BCUT2D eigenvalue weighted by molar-refractivity contribution is 5.73. The molecular formula is C15H21NO. The maximum absolute atomic E-state index is 11.0. The molecule has 0 aromatic heterocycles. The fraction of sp³-hybridized carbons (Fsp3) is 0.533. The summed E-state index contributed by atoms with van der Waals surface area (Å²) < 4.78 is 0. The Morgan fingerprint density at radius 3 is 2.59 bits per heavy atom. The van der Waals surface area contributed by atoms with Crippen molar-refractivity contribution in [2.75, 3.05) is 0 Å². The Hall–Kier alpha value is -1.31. The molecule has 1 amide bonds. The van der Waals surface area contributed by atoms with Crippen molar-refractivity contribution in [1.29, 1.82) is 0 Å². The monoisotopic (exact) mass is 231 g/mol. The second-order valence-electron chi connectivity index (χ2n) is 5.15. The molecular weight excluding hydrogens is 210 g/mol. The minimum absolute atomic E-state index is 0.145. The minimum Gasteiger partial charge on any atom is -0.370 e. The summed E-state index contributed by atoms with van der Waals surface area (Å²) in [6.45, 7) is 0. The minimum atomic E-state index is -0.145. The van der Waals surface area contributed by atoms with Gasteiger partial charge in [-0.3, -0.25) is 4.79 Å². The van der Waals surface area contributed by atoms with E-state index in [0.29, 0.717) is 18.3 Å². The number of primary amides is 1. The Morgan fingerprint density at radius 2 is 1.88 bits per heavy atom. The molecule has 2 nitrogen and oxygen atoms in total. The van der Waals surface area contributed by atoms with E-state index in [1.165, 1.54) is 24.8 Å². The van der Waals surface area contributed by atoms with Crippen LogP contribution in [0.4, 0.5) is 0 Å². The normalized spacial score (nSPS) is 25.2. The Balaban J connectivity index is 1.94. The average Bonchev–Trinajstić information content (AvgIpc) is 2.55. The molecule has 0 heterocycles. The summed E-state index contributed by atoms with van der Waals surface area (Å²) in [7, 11) is 0. The van der Waals surface area contributed by atoms with E-state index in [0.717, 1.165) is 12.8 Å². The van der Waals surface area contributed by atoms with Gasteiger partial charge in [-0.25, -0.2) is 0 Å². The summed E-state index contributed by atoms with van der Waals surface area (Å²) in [5, 5.41) is 0. The topological polar surface area (TPSA) is 43.1 Å². The van der Waals surface area contributed by atoms with Gasteiger partial charge >= 0.3 is 0 Å². The van der Waals surface area contributed by atoms with Crippen LogP contribution in [0.3, 0.4) is 0 Å². The van der Waals surface area contributed by atoms with Gasteiger partial charge in [-0.1, -0.05) is 36.8 Å². The number of amides is 1. The van der Waals surface area contributed by atoms with Gasteiger partial charge in [0.25, 0.3) is 0 Å². The Bertz CT molecular complexity index is 360. The van der Waals surface area contributed by atoms with Crippen molar-refractivity contribution in [3.05, 3.63) is 35.9 Å². The van der Waals surface area contributed by atoms with Gasteiger partial charge in [0.15, 0.2) is 0 Å². The lowest BCUT2D eigenvalue weighted by Crippen LogP contribution is -2.16. The molecule has 2 atom stereocenters. The van der Waals surface area contributed by atoms with Crippen LogP contribution >= 0.6 is 0 Å². The van der Waals surface area contributed by atoms with E-state index in [-0.39, 0.29) is 5.91 Å². The van der Waals surface area contributed by atoms with E-state index < -0.39 is 0 Å². The number of benzene rings is 1. The molecule has 1 fully saturated rings. The quantitative estimate of drug-likeness (QED) is 0.797. The van der Waals surface area contributed by atoms with Gasteiger partial charge in [-0.2, -0.15) is 0 Å². The van der Waals surface area contributed by atoms with Crippen molar-refractivity contribution in [2.24, 2.45) is 11.7 Å². The first-order chi connectivity index (χ1) is 8.25. The average molecular weight is 231 g/mol. The maximum atomic E-state index is 11.0. The van der Waals surface area contributed by atoms with Gasteiger partial charge in [0.05, 0.1) is 0 Å². The van der Waals surface area contributed by atoms with Crippen LogP contribution < -0.4 is 5.73 Å². The molecule has 0 saturated heterocycles. The van der Waals surface area contributed by atoms with Crippen molar-refractivity contribution >= 4 is 5.91 Å². The van der Waals surface area contributed by atoms with Crippen LogP contribution in [-0.4, -0.2) is 5.91 Å². The molecule has 0 spiro atoms. The summed E-state index contributed by atoms with van der Waals surface area (Å²) in [5.41, 5.74) is 6.73. The zero-order valence-corrected chi connectivity index (χ0v) is 10.3. The number of carbonyl (C=O) groups is 1. The van der Waals surface area contributed by atoms with E-state index in [1.807, 2.05) is 0 Å². The lowest BCUT2D eigenvalue weighted by atomic mass is 9.91. The molecule has 0 radical (unpaired) electrons. The van der Waals surface area contributed by atoms with Crippen LogP contribution in [0.15, 0.2) is 30.3 Å². The molecule has 1 aromatic carbocycles. The zero-order chi connectivity index (χ0) is 12.1. The van der Waals surface area contributed by atoms with Crippen LogP contribution in [0.5, 0.6) is 0 Å². The van der Waals surface area contributed by atoms with Crippen molar-refractivity contribution < 1.29 is 4.79 Å². The van der Waals surface area contributed by atoms with E-state index in [2.05, 4.69) is 30.3 Å². The number of rotatable bonds is 3. The lowest BCUT2D eigenvalue weighted by Gasteiger charge is -2.14. The van der Waals surface area contributed by atoms with E-state index in [1.54, 1.807) is 0 Å². The first-order valence-corrected chi connectivity index (χ1v) is 6.59. The SMILES string of the molecule is NC(=O)CC1CCCC(c2ccccc2)CC1. The standard InChI is InChI=1S/C15H21NO/c16-15(17)11-12-5-4-8-14(10-9-12)13-6-2-1-3-7-13/h1-3,6-7,12,14H,4-5,8-11H2,(H2,16,17). The molecule has 2 rings (SSSR count). The summed E-state index contributed by atoms with van der Waals surface area (Å²) in [6.07, 6.45) is 6.54. The molecule has 1 aliphatic carbocycles. The van der Waals surface area contributed by atoms with Crippen molar-refractivity contribution in [3.63, 3.8) is 0 Å². The summed E-state index contributed by atoms with van der Waals surface area (Å²) in [4.78, 5) is 11.0.